The van der Waals surface area contributed by atoms with E-state index in [4.69, 9.17) is 0 Å². The van der Waals surface area contributed by atoms with Crippen molar-refractivity contribution in [1.29, 1.82) is 0 Å². The zero-order valence-electron chi connectivity index (χ0n) is 10.6. The largest absolute Gasteiger partial charge is 0.322 e. The summed E-state index contributed by atoms with van der Waals surface area (Å²) in [5.74, 6) is -0.380. The quantitative estimate of drug-likeness (QED) is 0.683. The van der Waals surface area contributed by atoms with E-state index in [1.807, 2.05) is 6.07 Å². The summed E-state index contributed by atoms with van der Waals surface area (Å²) in [6, 6.07) is 11.4. The predicted molar refractivity (Wildman–Crippen MR) is 79.9 cm³/mol. The van der Waals surface area contributed by atoms with Crippen LogP contribution in [0.25, 0.3) is 0 Å². The van der Waals surface area contributed by atoms with Gasteiger partial charge >= 0.3 is 0 Å². The molecule has 0 unspecified atom stereocenters. The standard InChI is InChI=1S/C14H11BrN2O3/c1-9-5-10(7-13(6-9)17(19)20)14(18)16-12-4-2-3-11(15)8-12/h2-8H,1H3,(H,16,18). The Labute approximate surface area is 123 Å². The molecule has 0 radical (unpaired) electrons. The molecule has 0 aliphatic heterocycles. The summed E-state index contributed by atoms with van der Waals surface area (Å²) in [7, 11) is 0. The number of nitrogens with zero attached hydrogens (tertiary/aromatic N) is 1. The van der Waals surface area contributed by atoms with Gasteiger partial charge in [-0.2, -0.15) is 0 Å². The maximum atomic E-state index is 12.1. The molecule has 102 valence electrons. The average Bonchev–Trinajstić information content (AvgIpc) is 2.37. The summed E-state index contributed by atoms with van der Waals surface area (Å²) in [4.78, 5) is 22.4. The number of hydrogen-bond acceptors (Lipinski definition) is 3. The van der Waals surface area contributed by atoms with Crippen LogP contribution in [0.1, 0.15) is 15.9 Å². The number of hydrogen-bond donors (Lipinski definition) is 1. The number of anilines is 1. The number of carbonyl (C=O) groups is 1. The number of non-ortho nitro benzene ring substituents is 1. The summed E-state index contributed by atoms with van der Waals surface area (Å²) in [5, 5.41) is 13.5. The number of rotatable bonds is 3. The smallest absolute Gasteiger partial charge is 0.270 e. The van der Waals surface area contributed by atoms with Gasteiger partial charge in [0.15, 0.2) is 0 Å². The molecule has 0 aliphatic carbocycles. The molecule has 0 aromatic heterocycles. The van der Waals surface area contributed by atoms with Crippen molar-refractivity contribution >= 4 is 33.2 Å². The number of benzene rings is 2. The number of nitrogens with one attached hydrogen (secondary N) is 1. The Morgan fingerprint density at radius 2 is 2.00 bits per heavy atom. The summed E-state index contributed by atoms with van der Waals surface area (Å²) < 4.78 is 0.838. The Hall–Kier alpha value is -2.21. The molecule has 0 aliphatic rings. The monoisotopic (exact) mass is 334 g/mol. The third kappa shape index (κ3) is 3.42. The summed E-state index contributed by atoms with van der Waals surface area (Å²) in [5.41, 5.74) is 1.45. The van der Waals surface area contributed by atoms with E-state index in [0.717, 1.165) is 4.47 Å². The summed E-state index contributed by atoms with van der Waals surface area (Å²) in [6.07, 6.45) is 0. The normalized spacial score (nSPS) is 10.1. The molecule has 2 aromatic carbocycles. The molecule has 0 saturated carbocycles. The van der Waals surface area contributed by atoms with Gasteiger partial charge in [0.2, 0.25) is 0 Å². The molecule has 1 N–H and O–H groups in total. The SMILES string of the molecule is Cc1cc(C(=O)Nc2cccc(Br)c2)cc([N+](=O)[O-])c1. The fraction of sp³-hybridized carbons (Fsp3) is 0.0714. The first-order chi connectivity index (χ1) is 9.45. The number of carbonyl (C=O) groups excluding carboxylic acids is 1. The zero-order valence-corrected chi connectivity index (χ0v) is 12.2. The van der Waals surface area contributed by atoms with Crippen LogP contribution in [0.4, 0.5) is 11.4 Å². The minimum atomic E-state index is -0.511. The second-order valence-electron chi connectivity index (χ2n) is 4.28. The fourth-order valence-corrected chi connectivity index (χ4v) is 2.17. The molecule has 0 spiro atoms. The number of halogens is 1. The zero-order chi connectivity index (χ0) is 14.7. The van der Waals surface area contributed by atoms with Crippen LogP contribution in [0, 0.1) is 17.0 Å². The van der Waals surface area contributed by atoms with E-state index < -0.39 is 4.92 Å². The lowest BCUT2D eigenvalue weighted by Crippen LogP contribution is -2.12. The Kier molecular flexibility index (Phi) is 4.14. The topological polar surface area (TPSA) is 72.2 Å². The first-order valence-corrected chi connectivity index (χ1v) is 6.58. The van der Waals surface area contributed by atoms with Crippen LogP contribution >= 0.6 is 15.9 Å². The highest BCUT2D eigenvalue weighted by Gasteiger charge is 2.13. The van der Waals surface area contributed by atoms with Crippen molar-refractivity contribution < 1.29 is 9.72 Å². The van der Waals surface area contributed by atoms with Crippen LogP contribution in [-0.4, -0.2) is 10.8 Å². The van der Waals surface area contributed by atoms with E-state index >= 15 is 0 Å². The lowest BCUT2D eigenvalue weighted by Gasteiger charge is -2.06. The van der Waals surface area contributed by atoms with E-state index in [1.165, 1.54) is 12.1 Å². The summed E-state index contributed by atoms with van der Waals surface area (Å²) >= 11 is 3.31. The summed E-state index contributed by atoms with van der Waals surface area (Å²) in [6.45, 7) is 1.71. The Balaban J connectivity index is 2.27. The first kappa shape index (κ1) is 14.2. The third-order valence-electron chi connectivity index (χ3n) is 2.62. The van der Waals surface area contributed by atoms with Crippen LogP contribution in [0.5, 0.6) is 0 Å². The van der Waals surface area contributed by atoms with Gasteiger partial charge in [-0.25, -0.2) is 0 Å². The number of nitro groups is 1. The van der Waals surface area contributed by atoms with Crippen LogP contribution in [0.3, 0.4) is 0 Å². The van der Waals surface area contributed by atoms with E-state index in [9.17, 15) is 14.9 Å². The van der Waals surface area contributed by atoms with Crippen LogP contribution in [0.2, 0.25) is 0 Å². The van der Waals surface area contributed by atoms with E-state index in [-0.39, 0.29) is 17.2 Å². The van der Waals surface area contributed by atoms with E-state index in [0.29, 0.717) is 11.3 Å². The van der Waals surface area contributed by atoms with Gasteiger partial charge < -0.3 is 5.32 Å². The lowest BCUT2D eigenvalue weighted by atomic mass is 10.1. The molecule has 0 saturated heterocycles. The van der Waals surface area contributed by atoms with E-state index in [2.05, 4.69) is 21.2 Å². The maximum Gasteiger partial charge on any atom is 0.270 e. The number of amides is 1. The minimum Gasteiger partial charge on any atom is -0.322 e. The van der Waals surface area contributed by atoms with Crippen molar-refractivity contribution in [3.63, 3.8) is 0 Å². The lowest BCUT2D eigenvalue weighted by molar-refractivity contribution is -0.384. The van der Waals surface area contributed by atoms with Gasteiger partial charge in [-0.3, -0.25) is 14.9 Å². The minimum absolute atomic E-state index is 0.0932. The molecule has 20 heavy (non-hydrogen) atoms. The molecule has 5 nitrogen and oxygen atoms in total. The van der Waals surface area contributed by atoms with Gasteiger partial charge in [-0.1, -0.05) is 22.0 Å². The average molecular weight is 335 g/mol. The molecule has 0 fully saturated rings. The Morgan fingerprint density at radius 3 is 2.65 bits per heavy atom. The molecule has 1 amide bonds. The van der Waals surface area contributed by atoms with Gasteiger partial charge in [0.25, 0.3) is 11.6 Å². The van der Waals surface area contributed by atoms with Gasteiger partial charge in [0, 0.05) is 27.9 Å². The first-order valence-electron chi connectivity index (χ1n) is 5.79. The highest BCUT2D eigenvalue weighted by molar-refractivity contribution is 9.10. The molecule has 2 aromatic rings. The number of nitro benzene ring substituents is 1. The van der Waals surface area contributed by atoms with Gasteiger partial charge in [-0.15, -0.1) is 0 Å². The molecule has 0 heterocycles. The second-order valence-corrected chi connectivity index (χ2v) is 5.19. The molecule has 0 atom stereocenters. The van der Waals surface area contributed by atoms with Crippen molar-refractivity contribution in [3.8, 4) is 0 Å². The predicted octanol–water partition coefficient (Wildman–Crippen LogP) is 3.92. The van der Waals surface area contributed by atoms with Crippen molar-refractivity contribution in [2.45, 2.75) is 6.92 Å². The third-order valence-corrected chi connectivity index (χ3v) is 3.11. The molecule has 2 rings (SSSR count). The van der Waals surface area contributed by atoms with E-state index in [1.54, 1.807) is 31.2 Å². The van der Waals surface area contributed by atoms with Crippen molar-refractivity contribution in [2.24, 2.45) is 0 Å². The molecule has 6 heteroatoms. The highest BCUT2D eigenvalue weighted by atomic mass is 79.9. The van der Waals surface area contributed by atoms with Gasteiger partial charge in [0.1, 0.15) is 0 Å². The Bertz CT molecular complexity index is 686. The molecule has 0 bridgehead atoms. The highest BCUT2D eigenvalue weighted by Crippen LogP contribution is 2.19. The van der Waals surface area contributed by atoms with Crippen LogP contribution in [-0.2, 0) is 0 Å². The molecular weight excluding hydrogens is 324 g/mol. The Morgan fingerprint density at radius 1 is 1.25 bits per heavy atom. The van der Waals surface area contributed by atoms with Crippen molar-refractivity contribution in [3.05, 3.63) is 68.2 Å². The van der Waals surface area contributed by atoms with Crippen molar-refractivity contribution in [1.82, 2.24) is 0 Å². The maximum absolute atomic E-state index is 12.1. The van der Waals surface area contributed by atoms with Crippen LogP contribution in [0.15, 0.2) is 46.9 Å². The fourth-order valence-electron chi connectivity index (χ4n) is 1.77. The van der Waals surface area contributed by atoms with Crippen LogP contribution < -0.4 is 5.32 Å². The van der Waals surface area contributed by atoms with Gasteiger partial charge in [0.05, 0.1) is 4.92 Å². The van der Waals surface area contributed by atoms with Gasteiger partial charge in [-0.05, 0) is 36.8 Å². The number of aryl methyl sites for hydroxylation is 1. The second kappa shape index (κ2) is 5.83. The van der Waals surface area contributed by atoms with Crippen molar-refractivity contribution in [2.75, 3.05) is 5.32 Å². The molecular formula is C14H11BrN2O3.